The molecular weight excluding hydrogens is 1280 g/mol. The Morgan fingerprint density at radius 1 is 0.228 bits per heavy atom. The first-order valence-electron chi connectivity index (χ1n) is 40.6. The maximum atomic E-state index is 12.1. The van der Waals surface area contributed by atoms with Crippen LogP contribution in [-0.4, -0.2) is 106 Å². The Balaban J connectivity index is -0.00000150. The fourth-order valence-corrected chi connectivity index (χ4v) is 11.2. The van der Waals surface area contributed by atoms with E-state index in [9.17, 15) is 43.2 Å². The summed E-state index contributed by atoms with van der Waals surface area (Å²) in [5, 5.41) is 25.5. The minimum Gasteiger partial charge on any atom is -0.481 e. The lowest BCUT2D eigenvalue weighted by atomic mass is 10.0. The van der Waals surface area contributed by atoms with Crippen LogP contribution < -0.4 is 16.0 Å². The van der Waals surface area contributed by atoms with Gasteiger partial charge in [0.2, 0.25) is 0 Å². The average molecular weight is 1440 g/mol. The number of amides is 3. The predicted octanol–water partition coefficient (Wildman–Crippen LogP) is 23.4. The summed E-state index contributed by atoms with van der Waals surface area (Å²) in [6.45, 7) is 24.0. The third kappa shape index (κ3) is 93.0. The molecule has 0 aliphatic carbocycles. The van der Waals surface area contributed by atoms with Gasteiger partial charge < -0.3 is 49.8 Å². The number of carbonyl (C=O) groups is 9. The van der Waals surface area contributed by atoms with Gasteiger partial charge in [-0.15, -0.1) is 0 Å². The molecule has 0 saturated heterocycles. The lowest BCUT2D eigenvalue weighted by Gasteiger charge is -2.19. The first-order chi connectivity index (χ1) is 47.8. The van der Waals surface area contributed by atoms with Crippen molar-refractivity contribution >= 4 is 53.9 Å². The lowest BCUT2D eigenvalue weighted by molar-refractivity contribution is -0.142. The number of carboxylic acids is 2. The van der Waals surface area contributed by atoms with Crippen LogP contribution in [0.25, 0.3) is 0 Å². The highest BCUT2D eigenvalue weighted by molar-refractivity contribution is 5.82. The van der Waals surface area contributed by atoms with E-state index in [-0.39, 0.29) is 24.7 Å². The van der Waals surface area contributed by atoms with Crippen molar-refractivity contribution < 1.29 is 77.0 Å². The van der Waals surface area contributed by atoms with Gasteiger partial charge in [0.1, 0.15) is 34.0 Å². The summed E-state index contributed by atoms with van der Waals surface area (Å²) in [6.07, 6.45) is 55.2. The largest absolute Gasteiger partial charge is 0.516 e. The maximum Gasteiger partial charge on any atom is 0.516 e. The van der Waals surface area contributed by atoms with Crippen molar-refractivity contribution in [2.45, 2.75) is 452 Å². The molecule has 19 heteroatoms. The molecule has 594 valence electrons. The van der Waals surface area contributed by atoms with Gasteiger partial charge in [-0.05, 0) is 147 Å². The Hall–Kier alpha value is -4.97. The highest BCUT2D eigenvalue weighted by atomic mass is 16.7. The van der Waals surface area contributed by atoms with E-state index in [1.807, 2.05) is 62.3 Å². The van der Waals surface area contributed by atoms with Gasteiger partial charge in [-0.3, -0.25) is 24.0 Å². The number of rotatable bonds is 62. The van der Waals surface area contributed by atoms with Crippen LogP contribution in [0.15, 0.2) is 0 Å². The monoisotopic (exact) mass is 1440 g/mol. The zero-order valence-electron chi connectivity index (χ0n) is 66.9. The fourth-order valence-electron chi connectivity index (χ4n) is 11.2. The topological polar surface area (TPSA) is 276 Å². The van der Waals surface area contributed by atoms with Gasteiger partial charge in [-0.2, -0.15) is 0 Å². The van der Waals surface area contributed by atoms with Gasteiger partial charge in [-0.25, -0.2) is 19.2 Å². The molecule has 0 unspecified atom stereocenters. The van der Waals surface area contributed by atoms with E-state index in [0.29, 0.717) is 44.0 Å². The van der Waals surface area contributed by atoms with E-state index in [4.69, 9.17) is 29.2 Å². The molecule has 0 aromatic rings. The number of ether oxygens (including phenoxy) is 5. The van der Waals surface area contributed by atoms with Gasteiger partial charge in [-0.1, -0.05) is 238 Å². The van der Waals surface area contributed by atoms with Crippen LogP contribution in [0.1, 0.15) is 430 Å². The van der Waals surface area contributed by atoms with Crippen molar-refractivity contribution in [3.63, 3.8) is 0 Å². The first-order valence-corrected chi connectivity index (χ1v) is 40.6. The van der Waals surface area contributed by atoms with Gasteiger partial charge >= 0.3 is 42.3 Å². The second-order valence-electron chi connectivity index (χ2n) is 32.0. The predicted molar refractivity (Wildman–Crippen MR) is 410 cm³/mol. The maximum absolute atomic E-state index is 12.1. The normalized spacial score (nSPS) is 11.5. The van der Waals surface area contributed by atoms with E-state index in [1.165, 1.54) is 161 Å². The molecule has 3 amide bonds. The van der Waals surface area contributed by atoms with E-state index in [0.717, 1.165) is 167 Å². The number of Topliss-reactive ketones (excluding diaryl/α,β-unsaturated/α-hetero) is 2. The molecule has 0 atom stereocenters. The van der Waals surface area contributed by atoms with Gasteiger partial charge in [0, 0.05) is 64.6 Å². The van der Waals surface area contributed by atoms with Crippen LogP contribution in [0.2, 0.25) is 0 Å². The number of esters is 1. The quantitative estimate of drug-likeness (QED) is 0.0164. The Bertz CT molecular complexity index is 2060. The van der Waals surface area contributed by atoms with Crippen molar-refractivity contribution in [3.05, 3.63) is 0 Å². The molecule has 0 rings (SSSR count). The van der Waals surface area contributed by atoms with E-state index < -0.39 is 46.5 Å². The number of nitrogens with one attached hydrogen (secondary N) is 3. The van der Waals surface area contributed by atoms with Crippen LogP contribution in [0.5, 0.6) is 0 Å². The highest BCUT2D eigenvalue weighted by Crippen LogP contribution is 2.19. The number of hydrogen-bond acceptors (Lipinski definition) is 14. The van der Waals surface area contributed by atoms with Crippen LogP contribution in [0, 0.1) is 0 Å². The SMILES string of the molecule is CC(C)(C)OC(=O)NCCCCCCCCCCCC(=O)CCCCCCCCCCCCC(=O)O.CC(C)(C)OC(=O)NCCCCCCCCCCCC(=O)CCCCCCCCCCCCC(=O)OC(=O)OC(C)(C)C.CC(C)(C)OC(=O)NCCCCCCCCCCCC(=O)O. The Morgan fingerprint density at radius 2 is 0.396 bits per heavy atom. The third-order valence-electron chi connectivity index (χ3n) is 16.6. The summed E-state index contributed by atoms with van der Waals surface area (Å²) in [7, 11) is 0. The molecule has 0 aromatic carbocycles. The molecule has 101 heavy (non-hydrogen) atoms. The minimum atomic E-state index is -0.920. The van der Waals surface area contributed by atoms with E-state index in [2.05, 4.69) is 20.7 Å². The van der Waals surface area contributed by atoms with Crippen molar-refractivity contribution in [2.75, 3.05) is 19.6 Å². The van der Waals surface area contributed by atoms with Crippen LogP contribution in [0.4, 0.5) is 19.2 Å². The van der Waals surface area contributed by atoms with Crippen molar-refractivity contribution in [3.8, 4) is 0 Å². The number of carboxylic acid groups (broad SMARTS) is 2. The number of unbranched alkanes of at least 4 members (excludes halogenated alkanes) is 42. The molecule has 5 N–H and O–H groups in total. The number of hydrogen-bond donors (Lipinski definition) is 5. The zero-order valence-corrected chi connectivity index (χ0v) is 66.9. The second kappa shape index (κ2) is 68.2. The molecule has 0 radical (unpaired) electrons. The minimum absolute atomic E-state index is 0.248. The lowest BCUT2D eigenvalue weighted by Crippen LogP contribution is -2.32. The summed E-state index contributed by atoms with van der Waals surface area (Å²) in [6, 6.07) is 0. The van der Waals surface area contributed by atoms with Crippen molar-refractivity contribution in [1.29, 1.82) is 0 Å². The van der Waals surface area contributed by atoms with Crippen LogP contribution in [-0.2, 0) is 47.7 Å². The van der Waals surface area contributed by atoms with Gasteiger partial charge in [0.15, 0.2) is 0 Å². The molecule has 0 aliphatic heterocycles. The first kappa shape index (κ1) is 100. The number of alkyl carbamates (subject to hydrolysis) is 3. The number of carbonyl (C=O) groups excluding carboxylic acids is 7. The summed E-state index contributed by atoms with van der Waals surface area (Å²) >= 11 is 0. The molecular formula is C82H155N3O16. The molecule has 0 aliphatic rings. The average Bonchev–Trinajstić information content (AvgIpc) is 1.15. The summed E-state index contributed by atoms with van der Waals surface area (Å²) < 4.78 is 25.2. The molecule has 19 nitrogen and oxygen atoms in total. The molecule has 0 saturated carbocycles. The summed E-state index contributed by atoms with van der Waals surface area (Å²) in [5.41, 5.74) is -1.98. The Kier molecular flexibility index (Phi) is 67.6. The second-order valence-corrected chi connectivity index (χ2v) is 32.0. The molecule has 0 bridgehead atoms. The van der Waals surface area contributed by atoms with Crippen molar-refractivity contribution in [2.24, 2.45) is 0 Å². The fraction of sp³-hybridized carbons (Fsp3) is 0.890. The Labute approximate surface area is 616 Å². The highest BCUT2D eigenvalue weighted by Gasteiger charge is 2.21. The van der Waals surface area contributed by atoms with E-state index >= 15 is 0 Å². The summed E-state index contributed by atoms with van der Waals surface area (Å²) in [5.74, 6) is -1.03. The Morgan fingerprint density at radius 3 is 0.584 bits per heavy atom. The van der Waals surface area contributed by atoms with E-state index in [1.54, 1.807) is 20.8 Å². The number of ketones is 2. The standard InChI is InChI=1S/C35H65NO7.C30H57NO5.C17H33NO4/c1-34(2,3)42-32(39)36-29-25-21-17-13-9-11-15-19-23-27-30(37)26-22-18-14-10-7-8-12-16-20-24-28-31(38)41-33(40)43-35(4,5)6;1-30(2,3)36-29(35)31-26-22-18-14-10-6-8-12-16-20-24-27(32)23-19-15-11-7-4-5-9-13-17-21-25-28(33)34;1-17(2,3)22-16(21)18-14-12-10-8-6-4-5-7-9-11-13-15(19)20/h7-29H2,1-6H3,(H,36,39);4-26H2,1-3H3,(H,31,35)(H,33,34);4-14H2,1-3H3,(H,18,21)(H,19,20). The molecule has 0 fully saturated rings. The smallest absolute Gasteiger partial charge is 0.481 e. The summed E-state index contributed by atoms with van der Waals surface area (Å²) in [4.78, 5) is 103. The molecule has 0 spiro atoms. The van der Waals surface area contributed by atoms with Gasteiger partial charge in [0.05, 0.1) is 0 Å². The van der Waals surface area contributed by atoms with Gasteiger partial charge in [0.25, 0.3) is 0 Å². The number of aliphatic carboxylic acids is 2. The third-order valence-corrected chi connectivity index (χ3v) is 16.6. The van der Waals surface area contributed by atoms with Crippen LogP contribution >= 0.6 is 0 Å². The molecule has 0 aromatic heterocycles. The zero-order chi connectivity index (χ0) is 76.2. The van der Waals surface area contributed by atoms with Crippen molar-refractivity contribution in [1.82, 2.24) is 16.0 Å². The molecule has 0 heterocycles. The van der Waals surface area contributed by atoms with Crippen LogP contribution in [0.3, 0.4) is 0 Å².